The van der Waals surface area contributed by atoms with Crippen LogP contribution in [0.2, 0.25) is 0 Å². The summed E-state index contributed by atoms with van der Waals surface area (Å²) in [6.07, 6.45) is 1.18. The molecule has 0 bridgehead atoms. The van der Waals surface area contributed by atoms with E-state index >= 15 is 0 Å². The van der Waals surface area contributed by atoms with Crippen molar-refractivity contribution in [2.45, 2.75) is 13.5 Å². The fourth-order valence-corrected chi connectivity index (χ4v) is 1.60. The normalized spacial score (nSPS) is 10.2. The number of amides is 1. The molecule has 6 heteroatoms. The smallest absolute Gasteiger partial charge is 0.354 e. The molecule has 0 aliphatic carbocycles. The Kier molecular flexibility index (Phi) is 3.61. The summed E-state index contributed by atoms with van der Waals surface area (Å²) in [5.74, 6) is -1.72. The van der Waals surface area contributed by atoms with Crippen LogP contribution < -0.4 is 5.32 Å². The number of aromatic carboxylic acids is 1. The van der Waals surface area contributed by atoms with Crippen molar-refractivity contribution in [1.82, 2.24) is 15.3 Å². The van der Waals surface area contributed by atoms with Crippen molar-refractivity contribution >= 4 is 11.9 Å². The summed E-state index contributed by atoms with van der Waals surface area (Å²) in [5, 5.41) is 11.5. The highest BCUT2D eigenvalue weighted by Gasteiger charge is 2.19. The third-order valence-electron chi connectivity index (χ3n) is 2.64. The van der Waals surface area contributed by atoms with Gasteiger partial charge in [0, 0.05) is 6.54 Å². The molecule has 0 saturated carbocycles. The van der Waals surface area contributed by atoms with Crippen LogP contribution in [0, 0.1) is 6.92 Å². The molecule has 0 unspecified atom stereocenters. The van der Waals surface area contributed by atoms with Crippen molar-refractivity contribution in [1.29, 1.82) is 0 Å². The van der Waals surface area contributed by atoms with E-state index in [9.17, 15) is 9.59 Å². The lowest BCUT2D eigenvalue weighted by Gasteiger charge is -2.04. The molecule has 0 saturated heterocycles. The summed E-state index contributed by atoms with van der Waals surface area (Å²) < 4.78 is 0. The largest absolute Gasteiger partial charge is 0.477 e. The molecule has 0 aliphatic heterocycles. The molecule has 0 aliphatic rings. The summed E-state index contributed by atoms with van der Waals surface area (Å²) >= 11 is 0. The molecular weight excluding hydrogens is 246 g/mol. The van der Waals surface area contributed by atoms with Crippen LogP contribution in [0.15, 0.2) is 30.6 Å². The molecule has 0 atom stereocenters. The minimum atomic E-state index is -1.21. The van der Waals surface area contributed by atoms with Gasteiger partial charge in [0.1, 0.15) is 0 Å². The first-order chi connectivity index (χ1) is 9.08. The van der Waals surface area contributed by atoms with E-state index in [2.05, 4.69) is 15.3 Å². The molecule has 6 nitrogen and oxygen atoms in total. The number of aryl methyl sites for hydroxylation is 1. The van der Waals surface area contributed by atoms with Crippen molar-refractivity contribution in [2.75, 3.05) is 0 Å². The Balaban J connectivity index is 2.03. The van der Waals surface area contributed by atoms with Crippen molar-refractivity contribution in [2.24, 2.45) is 0 Å². The van der Waals surface area contributed by atoms with Crippen LogP contribution in [0.1, 0.15) is 32.1 Å². The van der Waals surface area contributed by atoms with Gasteiger partial charge in [0.15, 0.2) is 11.4 Å². The van der Waals surface area contributed by atoms with Crippen LogP contribution in [0.3, 0.4) is 0 Å². The zero-order valence-corrected chi connectivity index (χ0v) is 10.3. The molecule has 0 spiro atoms. The van der Waals surface area contributed by atoms with Crippen molar-refractivity contribution in [3.8, 4) is 0 Å². The second kappa shape index (κ2) is 5.34. The lowest BCUT2D eigenvalue weighted by atomic mass is 10.1. The number of carbonyl (C=O) groups excluding carboxylic acids is 1. The number of nitrogens with zero attached hydrogens (tertiary/aromatic N) is 1. The first-order valence-electron chi connectivity index (χ1n) is 5.68. The molecular formula is C13H13N3O3. The summed E-state index contributed by atoms with van der Waals surface area (Å²) in [4.78, 5) is 28.8. The van der Waals surface area contributed by atoms with Gasteiger partial charge in [-0.1, -0.05) is 29.8 Å². The molecule has 2 aromatic rings. The summed E-state index contributed by atoms with van der Waals surface area (Å²) in [6, 6.07) is 7.69. The first-order valence-corrected chi connectivity index (χ1v) is 5.68. The monoisotopic (exact) mass is 259 g/mol. The van der Waals surface area contributed by atoms with E-state index in [1.165, 1.54) is 6.33 Å². The summed E-state index contributed by atoms with van der Waals surface area (Å²) in [5.41, 5.74) is 1.75. The second-order valence-corrected chi connectivity index (χ2v) is 4.10. The van der Waals surface area contributed by atoms with Gasteiger partial charge in [0.2, 0.25) is 0 Å². The Morgan fingerprint density at radius 2 is 2.00 bits per heavy atom. The molecule has 2 rings (SSSR count). The van der Waals surface area contributed by atoms with Crippen LogP contribution in [-0.4, -0.2) is 27.0 Å². The highest BCUT2D eigenvalue weighted by molar-refractivity contribution is 6.02. The number of nitrogens with one attached hydrogen (secondary N) is 2. The van der Waals surface area contributed by atoms with Crippen LogP contribution in [0.4, 0.5) is 0 Å². The van der Waals surface area contributed by atoms with Gasteiger partial charge in [-0.15, -0.1) is 0 Å². The number of aromatic amines is 1. The molecule has 1 aromatic heterocycles. The lowest BCUT2D eigenvalue weighted by Crippen LogP contribution is -2.25. The maximum absolute atomic E-state index is 11.8. The van der Waals surface area contributed by atoms with Gasteiger partial charge in [-0.3, -0.25) is 4.79 Å². The number of carbonyl (C=O) groups is 2. The van der Waals surface area contributed by atoms with Gasteiger partial charge in [-0.05, 0) is 12.5 Å². The zero-order chi connectivity index (χ0) is 13.8. The molecule has 1 amide bonds. The van der Waals surface area contributed by atoms with E-state index in [-0.39, 0.29) is 11.4 Å². The second-order valence-electron chi connectivity index (χ2n) is 4.10. The number of H-pyrrole nitrogens is 1. The Hall–Kier alpha value is -2.63. The Labute approximate surface area is 109 Å². The summed E-state index contributed by atoms with van der Waals surface area (Å²) in [6.45, 7) is 2.30. The minimum absolute atomic E-state index is 0.111. The fraction of sp³-hybridized carbons (Fsp3) is 0.154. The third-order valence-corrected chi connectivity index (χ3v) is 2.64. The van der Waals surface area contributed by atoms with Crippen molar-refractivity contribution < 1.29 is 14.7 Å². The average Bonchev–Trinajstić information content (AvgIpc) is 2.87. The van der Waals surface area contributed by atoms with E-state index in [0.717, 1.165) is 11.1 Å². The molecule has 1 heterocycles. The van der Waals surface area contributed by atoms with Gasteiger partial charge in [0.05, 0.1) is 6.33 Å². The standard InChI is InChI=1S/C13H13N3O3/c1-8-2-4-9(5-3-8)6-14-12(17)10-11(13(18)19)16-7-15-10/h2-5,7H,6H2,1H3,(H,14,17)(H,15,16)(H,18,19). The molecule has 19 heavy (non-hydrogen) atoms. The van der Waals surface area contributed by atoms with Crippen molar-refractivity contribution in [3.63, 3.8) is 0 Å². The van der Waals surface area contributed by atoms with Gasteiger partial charge < -0.3 is 15.4 Å². The first kappa shape index (κ1) is 12.8. The maximum atomic E-state index is 11.8. The zero-order valence-electron chi connectivity index (χ0n) is 10.3. The number of rotatable bonds is 4. The maximum Gasteiger partial charge on any atom is 0.354 e. The highest BCUT2D eigenvalue weighted by Crippen LogP contribution is 2.05. The quantitative estimate of drug-likeness (QED) is 0.772. The van der Waals surface area contributed by atoms with E-state index in [1.807, 2.05) is 31.2 Å². The number of carboxylic acids is 1. The van der Waals surface area contributed by atoms with Crippen LogP contribution in [0.5, 0.6) is 0 Å². The molecule has 98 valence electrons. The number of benzene rings is 1. The van der Waals surface area contributed by atoms with Crippen LogP contribution >= 0.6 is 0 Å². The van der Waals surface area contributed by atoms with E-state index in [4.69, 9.17) is 5.11 Å². The minimum Gasteiger partial charge on any atom is -0.477 e. The number of hydrogen-bond acceptors (Lipinski definition) is 3. The number of imidazole rings is 1. The topological polar surface area (TPSA) is 95.1 Å². The van der Waals surface area contributed by atoms with E-state index < -0.39 is 11.9 Å². The fourth-order valence-electron chi connectivity index (χ4n) is 1.60. The Morgan fingerprint density at radius 1 is 1.32 bits per heavy atom. The summed E-state index contributed by atoms with van der Waals surface area (Å²) in [7, 11) is 0. The van der Waals surface area contributed by atoms with Gasteiger partial charge in [-0.2, -0.15) is 0 Å². The van der Waals surface area contributed by atoms with E-state index in [0.29, 0.717) is 6.54 Å². The van der Waals surface area contributed by atoms with Gasteiger partial charge in [0.25, 0.3) is 5.91 Å². The van der Waals surface area contributed by atoms with E-state index in [1.54, 1.807) is 0 Å². The van der Waals surface area contributed by atoms with Crippen molar-refractivity contribution in [3.05, 3.63) is 53.1 Å². The van der Waals surface area contributed by atoms with Crippen LogP contribution in [0.25, 0.3) is 0 Å². The van der Waals surface area contributed by atoms with Gasteiger partial charge in [-0.25, -0.2) is 9.78 Å². The molecule has 0 radical (unpaired) electrons. The Bertz CT molecular complexity index is 602. The molecule has 0 fully saturated rings. The predicted molar refractivity (Wildman–Crippen MR) is 67.9 cm³/mol. The average molecular weight is 259 g/mol. The highest BCUT2D eigenvalue weighted by atomic mass is 16.4. The predicted octanol–water partition coefficient (Wildman–Crippen LogP) is 1.35. The number of aromatic nitrogens is 2. The number of hydrogen-bond donors (Lipinski definition) is 3. The molecule has 3 N–H and O–H groups in total. The van der Waals surface area contributed by atoms with Crippen LogP contribution in [-0.2, 0) is 6.54 Å². The third kappa shape index (κ3) is 2.98. The Morgan fingerprint density at radius 3 is 2.63 bits per heavy atom. The SMILES string of the molecule is Cc1ccc(CNC(=O)c2nc[nH]c2C(=O)O)cc1. The molecule has 1 aromatic carbocycles. The number of carboxylic acid groups (broad SMARTS) is 1. The lowest BCUT2D eigenvalue weighted by molar-refractivity contribution is 0.0685. The van der Waals surface area contributed by atoms with Gasteiger partial charge >= 0.3 is 5.97 Å².